The zero-order valence-electron chi connectivity index (χ0n) is 18.8. The molecule has 4 amide bonds. The molecule has 182 valence electrons. The van der Waals surface area contributed by atoms with E-state index in [4.69, 9.17) is 15.2 Å². The number of carbonyl (C=O) groups is 4. The number of rotatable bonds is 8. The Bertz CT molecular complexity index is 1140. The van der Waals surface area contributed by atoms with E-state index in [-0.39, 0.29) is 18.1 Å². The van der Waals surface area contributed by atoms with Crippen LogP contribution in [-0.2, 0) is 19.1 Å². The summed E-state index contributed by atoms with van der Waals surface area (Å²) in [7, 11) is 0. The van der Waals surface area contributed by atoms with Gasteiger partial charge in [0.05, 0.1) is 18.1 Å². The minimum atomic E-state index is -0.586. The Hall–Kier alpha value is -3.83. The fraction of sp³-hybridized carbons (Fsp3) is 0.250. The van der Waals surface area contributed by atoms with Crippen LogP contribution in [-0.4, -0.2) is 67.3 Å². The summed E-state index contributed by atoms with van der Waals surface area (Å²) in [6, 6.07) is 14.0. The molecule has 2 aliphatic rings. The summed E-state index contributed by atoms with van der Waals surface area (Å²) < 4.78 is 10.6. The van der Waals surface area contributed by atoms with Crippen LogP contribution in [0.15, 0.2) is 53.4 Å². The zero-order valence-corrected chi connectivity index (χ0v) is 19.6. The number of nitrogens with one attached hydrogen (secondary N) is 1. The van der Waals surface area contributed by atoms with Crippen molar-refractivity contribution in [2.24, 2.45) is 5.73 Å². The van der Waals surface area contributed by atoms with Crippen molar-refractivity contribution in [2.75, 3.05) is 49.7 Å². The number of imide groups is 1. The molecule has 2 saturated heterocycles. The Morgan fingerprint density at radius 1 is 1.06 bits per heavy atom. The number of morpholine rings is 1. The van der Waals surface area contributed by atoms with Crippen molar-refractivity contribution in [1.82, 2.24) is 4.90 Å². The van der Waals surface area contributed by atoms with E-state index in [9.17, 15) is 19.2 Å². The van der Waals surface area contributed by atoms with E-state index in [0.717, 1.165) is 35.4 Å². The van der Waals surface area contributed by atoms with E-state index < -0.39 is 23.0 Å². The highest BCUT2D eigenvalue weighted by atomic mass is 32.2. The number of benzene rings is 2. The van der Waals surface area contributed by atoms with E-state index in [1.807, 2.05) is 12.1 Å². The normalized spacial score (nSPS) is 17.1. The first-order valence-corrected chi connectivity index (χ1v) is 11.7. The summed E-state index contributed by atoms with van der Waals surface area (Å²) in [4.78, 5) is 51.7. The van der Waals surface area contributed by atoms with Crippen LogP contribution in [0.2, 0.25) is 0 Å². The number of hydrogen-bond acceptors (Lipinski definition) is 8. The van der Waals surface area contributed by atoms with Crippen LogP contribution in [0.5, 0.6) is 5.75 Å². The standard InChI is InChI=1S/C24H24N4O6S/c25-21(29)15-34-19-7-1-16(2-8-19)13-20-23(31)28(24(32)35-20)14-22(30)26-17-3-5-18(6-4-17)27-9-11-33-12-10-27/h1-8,13H,9-12,14-15H2,(H2,25,29)(H,26,30). The van der Waals surface area contributed by atoms with Crippen molar-refractivity contribution < 1.29 is 28.7 Å². The largest absolute Gasteiger partial charge is 0.484 e. The van der Waals surface area contributed by atoms with Gasteiger partial charge in [-0.3, -0.25) is 24.1 Å². The Morgan fingerprint density at radius 3 is 2.40 bits per heavy atom. The molecule has 0 aromatic heterocycles. The van der Waals surface area contributed by atoms with Gasteiger partial charge in [-0.1, -0.05) is 12.1 Å². The highest BCUT2D eigenvalue weighted by Crippen LogP contribution is 2.32. The van der Waals surface area contributed by atoms with Gasteiger partial charge in [0.15, 0.2) is 6.61 Å². The van der Waals surface area contributed by atoms with Crippen LogP contribution < -0.4 is 20.7 Å². The van der Waals surface area contributed by atoms with E-state index in [0.29, 0.717) is 30.2 Å². The summed E-state index contributed by atoms with van der Waals surface area (Å²) in [5.74, 6) is -1.14. The van der Waals surface area contributed by atoms with Gasteiger partial charge in [0, 0.05) is 24.5 Å². The number of nitrogens with zero attached hydrogens (tertiary/aromatic N) is 2. The quantitative estimate of drug-likeness (QED) is 0.531. The fourth-order valence-corrected chi connectivity index (χ4v) is 4.36. The molecule has 2 aromatic rings. The number of hydrogen-bond donors (Lipinski definition) is 2. The summed E-state index contributed by atoms with van der Waals surface area (Å²) in [5, 5.41) is 2.21. The molecule has 35 heavy (non-hydrogen) atoms. The Labute approximate surface area is 206 Å². The van der Waals surface area contributed by atoms with Crippen LogP contribution >= 0.6 is 11.8 Å². The third-order valence-electron chi connectivity index (χ3n) is 5.26. The number of anilines is 2. The molecule has 3 N–H and O–H groups in total. The second-order valence-corrected chi connectivity index (χ2v) is 8.78. The van der Waals surface area contributed by atoms with E-state index in [1.54, 1.807) is 42.5 Å². The lowest BCUT2D eigenvalue weighted by Gasteiger charge is -2.28. The number of carbonyl (C=O) groups excluding carboxylic acids is 4. The maximum Gasteiger partial charge on any atom is 0.294 e. The van der Waals surface area contributed by atoms with Gasteiger partial charge in [0.2, 0.25) is 5.91 Å². The van der Waals surface area contributed by atoms with Crippen molar-refractivity contribution in [2.45, 2.75) is 0 Å². The minimum absolute atomic E-state index is 0.212. The fourth-order valence-electron chi connectivity index (χ4n) is 3.52. The molecule has 10 nitrogen and oxygen atoms in total. The maximum atomic E-state index is 12.7. The maximum absolute atomic E-state index is 12.7. The highest BCUT2D eigenvalue weighted by Gasteiger charge is 2.36. The van der Waals surface area contributed by atoms with Crippen molar-refractivity contribution in [1.29, 1.82) is 0 Å². The number of amides is 4. The number of nitrogens with two attached hydrogens (primary N) is 1. The molecule has 4 rings (SSSR count). The van der Waals surface area contributed by atoms with Crippen molar-refractivity contribution >= 4 is 52.2 Å². The Morgan fingerprint density at radius 2 is 1.74 bits per heavy atom. The zero-order chi connectivity index (χ0) is 24.8. The van der Waals surface area contributed by atoms with Gasteiger partial charge >= 0.3 is 0 Å². The van der Waals surface area contributed by atoms with Gasteiger partial charge in [0.25, 0.3) is 17.1 Å². The molecule has 0 spiro atoms. The van der Waals surface area contributed by atoms with Gasteiger partial charge in [-0.2, -0.15) is 0 Å². The molecule has 2 aliphatic heterocycles. The van der Waals surface area contributed by atoms with Crippen LogP contribution in [0, 0.1) is 0 Å². The molecule has 0 aliphatic carbocycles. The Balaban J connectivity index is 1.33. The van der Waals surface area contributed by atoms with Crippen molar-refractivity contribution in [3.63, 3.8) is 0 Å². The predicted octanol–water partition coefficient (Wildman–Crippen LogP) is 2.06. The molecule has 11 heteroatoms. The summed E-state index contributed by atoms with van der Waals surface area (Å²) in [6.07, 6.45) is 1.56. The molecule has 0 unspecified atom stereocenters. The van der Waals surface area contributed by atoms with Gasteiger partial charge in [-0.15, -0.1) is 0 Å². The van der Waals surface area contributed by atoms with E-state index in [2.05, 4.69) is 10.2 Å². The van der Waals surface area contributed by atoms with Crippen LogP contribution in [0.4, 0.5) is 16.2 Å². The van der Waals surface area contributed by atoms with Gasteiger partial charge in [-0.25, -0.2) is 0 Å². The number of thioether (sulfide) groups is 1. The first kappa shape index (κ1) is 24.3. The minimum Gasteiger partial charge on any atom is -0.484 e. The first-order valence-electron chi connectivity index (χ1n) is 10.9. The first-order chi connectivity index (χ1) is 16.9. The van der Waals surface area contributed by atoms with Gasteiger partial charge in [-0.05, 0) is 59.8 Å². The smallest absolute Gasteiger partial charge is 0.294 e. The van der Waals surface area contributed by atoms with Gasteiger partial charge < -0.3 is 25.4 Å². The van der Waals surface area contributed by atoms with E-state index >= 15 is 0 Å². The second-order valence-electron chi connectivity index (χ2n) is 7.79. The molecule has 0 saturated carbocycles. The molecule has 2 aromatic carbocycles. The molecule has 0 radical (unpaired) electrons. The lowest BCUT2D eigenvalue weighted by molar-refractivity contribution is -0.127. The van der Waals surface area contributed by atoms with Crippen LogP contribution in [0.25, 0.3) is 6.08 Å². The van der Waals surface area contributed by atoms with E-state index in [1.165, 1.54) is 0 Å². The molecule has 0 atom stereocenters. The summed E-state index contributed by atoms with van der Waals surface area (Å²) in [5.41, 5.74) is 7.32. The lowest BCUT2D eigenvalue weighted by atomic mass is 10.2. The van der Waals surface area contributed by atoms with Crippen molar-refractivity contribution in [3.8, 4) is 5.75 Å². The monoisotopic (exact) mass is 496 g/mol. The number of ether oxygens (including phenoxy) is 2. The van der Waals surface area contributed by atoms with Crippen LogP contribution in [0.1, 0.15) is 5.56 Å². The SMILES string of the molecule is NC(=O)COc1ccc(C=C2SC(=O)N(CC(=O)Nc3ccc(N4CCOCC4)cc3)C2=O)cc1. The average molecular weight is 497 g/mol. The topological polar surface area (TPSA) is 131 Å². The van der Waals surface area contributed by atoms with Crippen LogP contribution in [0.3, 0.4) is 0 Å². The Kier molecular flexibility index (Phi) is 7.68. The molecule has 2 fully saturated rings. The lowest BCUT2D eigenvalue weighted by Crippen LogP contribution is -2.36. The molecule has 0 bridgehead atoms. The predicted molar refractivity (Wildman–Crippen MR) is 132 cm³/mol. The van der Waals surface area contributed by atoms with Gasteiger partial charge in [0.1, 0.15) is 12.3 Å². The number of primary amides is 1. The average Bonchev–Trinajstić information content (AvgIpc) is 3.11. The molecule has 2 heterocycles. The third-order valence-corrected chi connectivity index (χ3v) is 6.17. The highest BCUT2D eigenvalue weighted by molar-refractivity contribution is 8.18. The third kappa shape index (κ3) is 6.40. The molecular formula is C24H24N4O6S. The van der Waals surface area contributed by atoms with Crippen molar-refractivity contribution in [3.05, 3.63) is 59.0 Å². The summed E-state index contributed by atoms with van der Waals surface area (Å²) >= 11 is 0.771. The molecular weight excluding hydrogens is 472 g/mol. The summed E-state index contributed by atoms with van der Waals surface area (Å²) in [6.45, 7) is 2.37. The second kappa shape index (κ2) is 11.1.